The molecule has 0 aliphatic carbocycles. The normalized spacial score (nSPS) is 13.4. The Morgan fingerprint density at radius 2 is 1.89 bits per heavy atom. The summed E-state index contributed by atoms with van der Waals surface area (Å²) in [6, 6.07) is 14.9. The van der Waals surface area contributed by atoms with E-state index < -0.39 is 11.8 Å². The zero-order valence-corrected chi connectivity index (χ0v) is 22.6. The molecule has 38 heavy (non-hydrogen) atoms. The number of hydrogen-bond donors (Lipinski definition) is 5. The molecule has 6 N–H and O–H groups in total. The lowest BCUT2D eigenvalue weighted by molar-refractivity contribution is 0.0648. The quantitative estimate of drug-likeness (QED) is 0.216. The monoisotopic (exact) mass is 521 g/mol. The molecule has 1 unspecified atom stereocenters. The summed E-state index contributed by atoms with van der Waals surface area (Å²) >= 11 is 0. The number of hydrogen-bond acceptors (Lipinski definition) is 8. The molecule has 0 aliphatic heterocycles. The van der Waals surface area contributed by atoms with Crippen molar-refractivity contribution in [3.8, 4) is 23.1 Å². The highest BCUT2D eigenvalue weighted by molar-refractivity contribution is 5.59. The maximum Gasteiger partial charge on any atom is 0.141 e. The molecule has 0 saturated heterocycles. The SMILES string of the molecule is CC(C)Oc1ccc(C(O)N[C@H](CCO)Cc2ccc(-c3cn(CCN)c(C(C)(C)O)n3)cc2)cc1C#N. The average Bonchev–Trinajstić information content (AvgIpc) is 3.29. The smallest absolute Gasteiger partial charge is 0.141 e. The van der Waals surface area contributed by atoms with Gasteiger partial charge < -0.3 is 30.4 Å². The van der Waals surface area contributed by atoms with E-state index in [2.05, 4.69) is 16.4 Å². The van der Waals surface area contributed by atoms with E-state index in [-0.39, 0.29) is 18.8 Å². The molecule has 204 valence electrons. The predicted molar refractivity (Wildman–Crippen MR) is 146 cm³/mol. The molecule has 0 bridgehead atoms. The highest BCUT2D eigenvalue weighted by atomic mass is 16.5. The van der Waals surface area contributed by atoms with E-state index in [1.54, 1.807) is 32.0 Å². The Labute approximate surface area is 224 Å². The van der Waals surface area contributed by atoms with Crippen LogP contribution in [-0.2, 0) is 18.6 Å². The first-order valence-corrected chi connectivity index (χ1v) is 12.9. The van der Waals surface area contributed by atoms with Crippen molar-refractivity contribution in [2.75, 3.05) is 13.2 Å². The number of imidazole rings is 1. The van der Waals surface area contributed by atoms with Crippen LogP contribution < -0.4 is 15.8 Å². The van der Waals surface area contributed by atoms with Crippen molar-refractivity contribution in [1.82, 2.24) is 14.9 Å². The summed E-state index contributed by atoms with van der Waals surface area (Å²) in [5, 5.41) is 43.6. The first-order valence-electron chi connectivity index (χ1n) is 12.9. The predicted octanol–water partition coefficient (Wildman–Crippen LogP) is 2.97. The van der Waals surface area contributed by atoms with Gasteiger partial charge >= 0.3 is 0 Å². The second-order valence-corrected chi connectivity index (χ2v) is 10.2. The van der Waals surface area contributed by atoms with Gasteiger partial charge in [0.15, 0.2) is 0 Å². The number of aliphatic hydroxyl groups is 3. The molecule has 0 spiro atoms. The molecule has 0 amide bonds. The number of ether oxygens (including phenoxy) is 1. The second-order valence-electron chi connectivity index (χ2n) is 10.2. The van der Waals surface area contributed by atoms with E-state index in [1.165, 1.54) is 0 Å². The van der Waals surface area contributed by atoms with E-state index in [0.29, 0.717) is 48.6 Å². The standard InChI is InChI=1S/C29H39N5O4/c1-19(2)38-26-10-9-22(16-23(26)17-31)27(36)32-24(11-14-35)15-20-5-7-21(8-6-20)25-18-34(13-12-30)28(33-25)29(3,4)37/h5-10,16,18-19,24,27,32,35-37H,11-15,30H2,1-4H3/t24-,27?/m1/s1. The molecule has 0 aliphatic rings. The van der Waals surface area contributed by atoms with Crippen LogP contribution in [0.15, 0.2) is 48.7 Å². The molecule has 9 nitrogen and oxygen atoms in total. The number of rotatable bonds is 13. The second kappa shape index (κ2) is 13.0. The van der Waals surface area contributed by atoms with Crippen LogP contribution in [-0.4, -0.2) is 50.2 Å². The summed E-state index contributed by atoms with van der Waals surface area (Å²) in [6.07, 6.45) is 1.83. The number of nitrogens with two attached hydrogens (primary N) is 1. The van der Waals surface area contributed by atoms with Crippen LogP contribution >= 0.6 is 0 Å². The lowest BCUT2D eigenvalue weighted by atomic mass is 10.0. The van der Waals surface area contributed by atoms with Gasteiger partial charge in [-0.3, -0.25) is 5.32 Å². The fourth-order valence-electron chi connectivity index (χ4n) is 4.33. The maximum atomic E-state index is 10.8. The maximum absolute atomic E-state index is 10.8. The van der Waals surface area contributed by atoms with Gasteiger partial charge in [0, 0.05) is 37.5 Å². The molecular weight excluding hydrogens is 482 g/mol. The third-order valence-electron chi connectivity index (χ3n) is 6.10. The molecule has 1 heterocycles. The molecule has 0 fully saturated rings. The van der Waals surface area contributed by atoms with Gasteiger partial charge in [0.1, 0.15) is 29.5 Å². The van der Waals surface area contributed by atoms with Crippen LogP contribution in [0.4, 0.5) is 0 Å². The van der Waals surface area contributed by atoms with E-state index >= 15 is 0 Å². The Hall–Kier alpha value is -3.26. The summed E-state index contributed by atoms with van der Waals surface area (Å²) < 4.78 is 7.55. The number of aliphatic hydroxyl groups excluding tert-OH is 2. The number of nitrogens with zero attached hydrogens (tertiary/aromatic N) is 3. The number of nitriles is 1. The molecule has 1 aromatic heterocycles. The van der Waals surface area contributed by atoms with Crippen LogP contribution in [0.3, 0.4) is 0 Å². The van der Waals surface area contributed by atoms with Gasteiger partial charge in [0.05, 0.1) is 17.4 Å². The zero-order valence-electron chi connectivity index (χ0n) is 22.6. The van der Waals surface area contributed by atoms with Crippen LogP contribution in [0.5, 0.6) is 5.75 Å². The van der Waals surface area contributed by atoms with Gasteiger partial charge in [0.2, 0.25) is 0 Å². The van der Waals surface area contributed by atoms with Crippen LogP contribution in [0.2, 0.25) is 0 Å². The first-order chi connectivity index (χ1) is 18.0. The summed E-state index contributed by atoms with van der Waals surface area (Å²) in [7, 11) is 0. The van der Waals surface area contributed by atoms with Gasteiger partial charge in [-0.1, -0.05) is 30.3 Å². The largest absolute Gasteiger partial charge is 0.490 e. The van der Waals surface area contributed by atoms with E-state index in [1.807, 2.05) is 48.9 Å². The van der Waals surface area contributed by atoms with Crippen LogP contribution in [0, 0.1) is 11.3 Å². The van der Waals surface area contributed by atoms with Gasteiger partial charge in [-0.2, -0.15) is 5.26 Å². The highest BCUT2D eigenvalue weighted by Crippen LogP contribution is 2.26. The van der Waals surface area contributed by atoms with E-state index in [4.69, 9.17) is 10.5 Å². The van der Waals surface area contributed by atoms with Crippen molar-refractivity contribution in [2.45, 2.75) is 71.1 Å². The number of benzene rings is 2. The Balaban J connectivity index is 1.73. The van der Waals surface area contributed by atoms with Crippen molar-refractivity contribution in [2.24, 2.45) is 5.73 Å². The molecule has 9 heteroatoms. The topological polar surface area (TPSA) is 150 Å². The van der Waals surface area contributed by atoms with Crippen molar-refractivity contribution >= 4 is 0 Å². The summed E-state index contributed by atoms with van der Waals surface area (Å²) in [5.74, 6) is 1.04. The molecule has 0 saturated carbocycles. The van der Waals surface area contributed by atoms with Crippen LogP contribution in [0.25, 0.3) is 11.3 Å². The highest BCUT2D eigenvalue weighted by Gasteiger charge is 2.24. The lowest BCUT2D eigenvalue weighted by Crippen LogP contribution is -2.35. The third-order valence-corrected chi connectivity index (χ3v) is 6.10. The summed E-state index contributed by atoms with van der Waals surface area (Å²) in [5.41, 5.74) is 8.23. The summed E-state index contributed by atoms with van der Waals surface area (Å²) in [4.78, 5) is 4.65. The molecule has 3 aromatic rings. The first kappa shape index (κ1) is 29.3. The molecule has 2 atom stereocenters. The van der Waals surface area contributed by atoms with Crippen molar-refractivity contribution in [3.63, 3.8) is 0 Å². The Bertz CT molecular complexity index is 1230. The fourth-order valence-corrected chi connectivity index (χ4v) is 4.33. The van der Waals surface area contributed by atoms with Gasteiger partial charge in [-0.15, -0.1) is 0 Å². The fraction of sp³-hybridized carbons (Fsp3) is 0.448. The Morgan fingerprint density at radius 3 is 2.47 bits per heavy atom. The molecule has 0 radical (unpaired) electrons. The van der Waals surface area contributed by atoms with Crippen LogP contribution in [0.1, 0.15) is 62.9 Å². The van der Waals surface area contributed by atoms with Crippen molar-refractivity contribution < 1.29 is 20.1 Å². The van der Waals surface area contributed by atoms with Crippen molar-refractivity contribution in [3.05, 3.63) is 71.2 Å². The van der Waals surface area contributed by atoms with Gasteiger partial charge in [0.25, 0.3) is 0 Å². The van der Waals surface area contributed by atoms with Gasteiger partial charge in [-0.05, 0) is 63.8 Å². The lowest BCUT2D eigenvalue weighted by Gasteiger charge is -2.23. The summed E-state index contributed by atoms with van der Waals surface area (Å²) in [6.45, 7) is 8.14. The molecular formula is C29H39N5O4. The minimum atomic E-state index is -1.09. The Morgan fingerprint density at radius 1 is 1.18 bits per heavy atom. The molecule has 3 rings (SSSR count). The van der Waals surface area contributed by atoms with E-state index in [9.17, 15) is 20.6 Å². The number of nitrogens with one attached hydrogen (secondary N) is 1. The number of aromatic nitrogens is 2. The Kier molecular flexibility index (Phi) is 10.0. The van der Waals surface area contributed by atoms with E-state index in [0.717, 1.165) is 16.8 Å². The average molecular weight is 522 g/mol. The third kappa shape index (κ3) is 7.63. The zero-order chi connectivity index (χ0) is 27.9. The minimum absolute atomic E-state index is 0.0363. The van der Waals surface area contributed by atoms with Crippen molar-refractivity contribution in [1.29, 1.82) is 5.26 Å². The van der Waals surface area contributed by atoms with Gasteiger partial charge in [-0.25, -0.2) is 4.98 Å². The molecule has 2 aromatic carbocycles. The minimum Gasteiger partial charge on any atom is -0.490 e.